The van der Waals surface area contributed by atoms with Gasteiger partial charge < -0.3 is 24.8 Å². The fourth-order valence-corrected chi connectivity index (χ4v) is 2.17. The second-order valence-corrected chi connectivity index (χ2v) is 4.78. The zero-order valence-corrected chi connectivity index (χ0v) is 11.5. The molecule has 2 rings (SSSR count). The molecule has 0 radical (unpaired) electrons. The molecule has 1 aliphatic heterocycles. The first-order valence-corrected chi connectivity index (χ1v) is 6.67. The summed E-state index contributed by atoms with van der Waals surface area (Å²) < 4.78 is 10.7. The van der Waals surface area contributed by atoms with Crippen LogP contribution in [0.1, 0.15) is 0 Å². The molecule has 8 nitrogen and oxygen atoms in total. The number of azide groups is 1. The summed E-state index contributed by atoms with van der Waals surface area (Å²) in [4.78, 5) is 2.65. The Morgan fingerprint density at radius 2 is 1.86 bits per heavy atom. The molecular formula is C12H14ClN3O5. The largest absolute Gasteiger partial charge is 0.462 e. The van der Waals surface area contributed by atoms with Crippen molar-refractivity contribution >= 4 is 17.3 Å². The Bertz CT molecular complexity index is 520. The molecule has 1 aromatic carbocycles. The maximum absolute atomic E-state index is 9.85. The summed E-state index contributed by atoms with van der Waals surface area (Å²) in [6.07, 6.45) is -6.15. The highest BCUT2D eigenvalue weighted by Crippen LogP contribution is 2.26. The van der Waals surface area contributed by atoms with Crippen molar-refractivity contribution in [2.24, 2.45) is 5.11 Å². The smallest absolute Gasteiger partial charge is 0.229 e. The zero-order valence-electron chi connectivity index (χ0n) is 10.8. The molecule has 3 N–H and O–H groups in total. The van der Waals surface area contributed by atoms with Crippen molar-refractivity contribution in [2.75, 3.05) is 5.88 Å². The fraction of sp³-hybridized carbons (Fsp3) is 0.500. The van der Waals surface area contributed by atoms with E-state index in [1.165, 1.54) is 24.3 Å². The molecule has 0 amide bonds. The summed E-state index contributed by atoms with van der Waals surface area (Å²) in [5.74, 6) is 0.286. The SMILES string of the molecule is [N-]=[N+]=Nc1ccc(O[C@@H]2O[C@H](CCl)[C@@H](O)[C@H](O)[C@H]2O)cc1. The van der Waals surface area contributed by atoms with E-state index in [0.717, 1.165) is 0 Å². The van der Waals surface area contributed by atoms with E-state index in [4.69, 9.17) is 26.6 Å². The second kappa shape index (κ2) is 6.95. The predicted octanol–water partition coefficient (Wildman–Crippen LogP) is 1.05. The van der Waals surface area contributed by atoms with E-state index in [1.54, 1.807) is 0 Å². The van der Waals surface area contributed by atoms with E-state index in [1.807, 2.05) is 0 Å². The Kier molecular flexibility index (Phi) is 5.24. The van der Waals surface area contributed by atoms with Gasteiger partial charge in [-0.05, 0) is 29.8 Å². The van der Waals surface area contributed by atoms with Gasteiger partial charge in [-0.25, -0.2) is 0 Å². The number of alkyl halides is 1. The van der Waals surface area contributed by atoms with Gasteiger partial charge in [0, 0.05) is 10.6 Å². The Morgan fingerprint density at radius 3 is 2.43 bits per heavy atom. The number of aliphatic hydroxyl groups excluding tert-OH is 3. The van der Waals surface area contributed by atoms with Crippen LogP contribution in [0.3, 0.4) is 0 Å². The van der Waals surface area contributed by atoms with Crippen molar-refractivity contribution in [3.63, 3.8) is 0 Å². The van der Waals surface area contributed by atoms with Crippen LogP contribution in [-0.4, -0.2) is 51.9 Å². The van der Waals surface area contributed by atoms with Crippen LogP contribution in [0.4, 0.5) is 5.69 Å². The molecule has 9 heteroatoms. The second-order valence-electron chi connectivity index (χ2n) is 4.47. The average molecular weight is 316 g/mol. The number of aliphatic hydroxyl groups is 3. The monoisotopic (exact) mass is 315 g/mol. The van der Waals surface area contributed by atoms with Crippen molar-refractivity contribution in [2.45, 2.75) is 30.7 Å². The Labute approximate surface area is 125 Å². The molecule has 114 valence electrons. The maximum atomic E-state index is 9.85. The van der Waals surface area contributed by atoms with Crippen molar-refractivity contribution in [1.29, 1.82) is 0 Å². The van der Waals surface area contributed by atoms with Gasteiger partial charge in [0.05, 0.1) is 5.88 Å². The fourth-order valence-electron chi connectivity index (χ4n) is 1.92. The molecule has 1 aromatic rings. The number of hydrogen-bond donors (Lipinski definition) is 3. The van der Waals surface area contributed by atoms with Crippen LogP contribution in [0.15, 0.2) is 29.4 Å². The third kappa shape index (κ3) is 3.56. The average Bonchev–Trinajstić information content (AvgIpc) is 2.50. The molecule has 21 heavy (non-hydrogen) atoms. The van der Waals surface area contributed by atoms with E-state index in [2.05, 4.69) is 10.0 Å². The maximum Gasteiger partial charge on any atom is 0.229 e. The highest BCUT2D eigenvalue weighted by atomic mass is 35.5. The molecule has 1 saturated heterocycles. The van der Waals surface area contributed by atoms with Crippen LogP contribution in [0.2, 0.25) is 0 Å². The minimum absolute atomic E-state index is 0.0549. The van der Waals surface area contributed by atoms with Crippen molar-refractivity contribution in [3.05, 3.63) is 34.7 Å². The first-order valence-electron chi connectivity index (χ1n) is 6.14. The Hall–Kier alpha value is -1.54. The summed E-state index contributed by atoms with van der Waals surface area (Å²) in [6, 6.07) is 6.09. The standard InChI is InChI=1S/C12H14ClN3O5/c13-5-8-9(17)10(18)11(19)12(21-8)20-7-3-1-6(2-4-7)15-16-14/h1-4,8-12,17-19H,5H2/t8-,9-,10+,11-,12-/m1/s1. The van der Waals surface area contributed by atoms with E-state index >= 15 is 0 Å². The van der Waals surface area contributed by atoms with E-state index < -0.39 is 30.7 Å². The first kappa shape index (κ1) is 15.8. The van der Waals surface area contributed by atoms with Crippen LogP contribution >= 0.6 is 11.6 Å². The lowest BCUT2D eigenvalue weighted by Crippen LogP contribution is -2.59. The Balaban J connectivity index is 2.08. The van der Waals surface area contributed by atoms with Gasteiger partial charge in [0.25, 0.3) is 0 Å². The lowest BCUT2D eigenvalue weighted by molar-refractivity contribution is -0.267. The minimum Gasteiger partial charge on any atom is -0.462 e. The van der Waals surface area contributed by atoms with E-state index in [0.29, 0.717) is 11.4 Å². The number of hydrogen-bond acceptors (Lipinski definition) is 6. The van der Waals surface area contributed by atoms with E-state index in [-0.39, 0.29) is 5.88 Å². The highest BCUT2D eigenvalue weighted by molar-refractivity contribution is 6.18. The molecule has 0 unspecified atom stereocenters. The molecule has 0 saturated carbocycles. The molecular weight excluding hydrogens is 302 g/mol. The van der Waals surface area contributed by atoms with Crippen LogP contribution in [0.5, 0.6) is 5.75 Å². The predicted molar refractivity (Wildman–Crippen MR) is 73.3 cm³/mol. The summed E-state index contributed by atoms with van der Waals surface area (Å²) in [5, 5.41) is 32.7. The summed E-state index contributed by atoms with van der Waals surface area (Å²) in [6.45, 7) is 0. The molecule has 1 heterocycles. The lowest BCUT2D eigenvalue weighted by Gasteiger charge is -2.39. The summed E-state index contributed by atoms with van der Waals surface area (Å²) >= 11 is 5.63. The molecule has 1 aliphatic rings. The highest BCUT2D eigenvalue weighted by Gasteiger charge is 2.44. The number of rotatable bonds is 4. The quantitative estimate of drug-likeness (QED) is 0.331. The summed E-state index contributed by atoms with van der Waals surface area (Å²) in [5.41, 5.74) is 8.71. The first-order chi connectivity index (χ1) is 10.1. The number of nitrogens with zero attached hydrogens (tertiary/aromatic N) is 3. The van der Waals surface area contributed by atoms with E-state index in [9.17, 15) is 15.3 Å². The zero-order chi connectivity index (χ0) is 15.4. The van der Waals surface area contributed by atoms with Crippen LogP contribution in [0, 0.1) is 0 Å². The third-order valence-electron chi connectivity index (χ3n) is 3.07. The number of ether oxygens (including phenoxy) is 2. The molecule has 0 aliphatic carbocycles. The molecule has 0 aromatic heterocycles. The van der Waals surface area contributed by atoms with Gasteiger partial charge in [0.1, 0.15) is 30.2 Å². The number of benzene rings is 1. The van der Waals surface area contributed by atoms with Crippen LogP contribution in [0.25, 0.3) is 10.4 Å². The Morgan fingerprint density at radius 1 is 1.19 bits per heavy atom. The van der Waals surface area contributed by atoms with Crippen LogP contribution < -0.4 is 4.74 Å². The van der Waals surface area contributed by atoms with Crippen LogP contribution in [-0.2, 0) is 4.74 Å². The molecule has 5 atom stereocenters. The topological polar surface area (TPSA) is 128 Å². The lowest BCUT2D eigenvalue weighted by atomic mass is 10.00. The molecule has 1 fully saturated rings. The summed E-state index contributed by atoms with van der Waals surface area (Å²) in [7, 11) is 0. The van der Waals surface area contributed by atoms with Gasteiger partial charge in [-0.2, -0.15) is 0 Å². The van der Waals surface area contributed by atoms with Crippen molar-refractivity contribution < 1.29 is 24.8 Å². The van der Waals surface area contributed by atoms with Gasteiger partial charge in [0.2, 0.25) is 6.29 Å². The normalized spacial score (nSPS) is 32.3. The third-order valence-corrected chi connectivity index (χ3v) is 3.37. The van der Waals surface area contributed by atoms with Gasteiger partial charge in [-0.1, -0.05) is 5.11 Å². The molecule has 0 bridgehead atoms. The van der Waals surface area contributed by atoms with Crippen molar-refractivity contribution in [3.8, 4) is 5.75 Å². The number of halogens is 1. The van der Waals surface area contributed by atoms with Crippen molar-refractivity contribution in [1.82, 2.24) is 0 Å². The van der Waals surface area contributed by atoms with Gasteiger partial charge in [-0.3, -0.25) is 0 Å². The minimum atomic E-state index is -1.42. The molecule has 0 spiro atoms. The van der Waals surface area contributed by atoms with Gasteiger partial charge in [0.15, 0.2) is 0 Å². The van der Waals surface area contributed by atoms with Gasteiger partial charge in [-0.15, -0.1) is 11.6 Å². The van der Waals surface area contributed by atoms with Gasteiger partial charge >= 0.3 is 0 Å².